The van der Waals surface area contributed by atoms with Crippen LogP contribution in [0.15, 0.2) is 42.6 Å². The monoisotopic (exact) mass is 503 g/mol. The Morgan fingerprint density at radius 2 is 1.89 bits per heavy atom. The number of nitrogens with zero attached hydrogens (tertiary/aromatic N) is 4. The van der Waals surface area contributed by atoms with Crippen LogP contribution in [0.3, 0.4) is 0 Å². The van der Waals surface area contributed by atoms with E-state index in [-0.39, 0.29) is 23.9 Å². The molecule has 10 heteroatoms. The molecule has 1 aromatic heterocycles. The Morgan fingerprint density at radius 3 is 2.57 bits per heavy atom. The molecular formula is C25H34FN5O3S. The Hall–Kier alpha value is -2.14. The van der Waals surface area contributed by atoms with Crippen LogP contribution >= 0.6 is 0 Å². The molecule has 5 rings (SSSR count). The van der Waals surface area contributed by atoms with Gasteiger partial charge in [0.05, 0.1) is 12.7 Å². The molecule has 1 N–H and O–H groups in total. The fourth-order valence-corrected chi connectivity index (χ4v) is 6.98. The number of ether oxygens (including phenoxy) is 1. The Morgan fingerprint density at radius 1 is 1.06 bits per heavy atom. The van der Waals surface area contributed by atoms with Crippen LogP contribution in [0.1, 0.15) is 50.0 Å². The highest BCUT2D eigenvalue weighted by Gasteiger charge is 2.37. The summed E-state index contributed by atoms with van der Waals surface area (Å²) in [5.41, 5.74) is 1.07. The third kappa shape index (κ3) is 5.99. The van der Waals surface area contributed by atoms with Crippen LogP contribution < -0.4 is 9.62 Å². The van der Waals surface area contributed by atoms with Crippen molar-refractivity contribution in [3.8, 4) is 0 Å². The van der Waals surface area contributed by atoms with Gasteiger partial charge in [-0.15, -0.1) is 5.10 Å². The molecule has 2 saturated heterocycles. The zero-order valence-electron chi connectivity index (χ0n) is 19.9. The average Bonchev–Trinajstić information content (AvgIpc) is 2.83. The van der Waals surface area contributed by atoms with Crippen molar-refractivity contribution in [3.05, 3.63) is 54.0 Å². The van der Waals surface area contributed by atoms with Crippen molar-refractivity contribution in [3.63, 3.8) is 0 Å². The third-order valence-corrected chi connectivity index (χ3v) is 9.26. The van der Waals surface area contributed by atoms with Gasteiger partial charge in [-0.05, 0) is 74.3 Å². The first-order valence-corrected chi connectivity index (χ1v) is 14.1. The minimum Gasteiger partial charge on any atom is -0.378 e. The molecule has 1 aromatic carbocycles. The van der Waals surface area contributed by atoms with Gasteiger partial charge in [-0.1, -0.05) is 12.1 Å². The number of aromatic nitrogens is 2. The maximum Gasteiger partial charge on any atom is 0.279 e. The molecule has 0 bridgehead atoms. The summed E-state index contributed by atoms with van der Waals surface area (Å²) in [6.07, 6.45) is 7.17. The van der Waals surface area contributed by atoms with Gasteiger partial charge in [0.25, 0.3) is 10.2 Å². The van der Waals surface area contributed by atoms with E-state index in [9.17, 15) is 12.8 Å². The second-order valence-electron chi connectivity index (χ2n) is 9.92. The van der Waals surface area contributed by atoms with Gasteiger partial charge in [-0.25, -0.2) is 4.39 Å². The summed E-state index contributed by atoms with van der Waals surface area (Å²) in [5.74, 6) is 0.987. The number of anilines is 1. The normalized spacial score (nSPS) is 28.0. The lowest BCUT2D eigenvalue weighted by molar-refractivity contribution is -0.00230. The Labute approximate surface area is 207 Å². The molecule has 0 radical (unpaired) electrons. The SMILES string of the molecule is O=S(=O)(N[C@H]1CCN(c2cccnn2)C[C@H]1CO[C@H]1CC[C@@H](c2cccc(F)c2)CC1)N1CCC1. The number of hydrogen-bond acceptors (Lipinski definition) is 6. The molecule has 1 aliphatic carbocycles. The zero-order chi connectivity index (χ0) is 24.3. The van der Waals surface area contributed by atoms with E-state index in [1.807, 2.05) is 18.2 Å². The van der Waals surface area contributed by atoms with Crippen molar-refractivity contribution in [2.75, 3.05) is 37.7 Å². The van der Waals surface area contributed by atoms with Gasteiger partial charge in [0.1, 0.15) is 5.82 Å². The van der Waals surface area contributed by atoms with Crippen LogP contribution in [-0.4, -0.2) is 67.9 Å². The van der Waals surface area contributed by atoms with E-state index in [0.717, 1.165) is 43.5 Å². The number of piperidine rings is 1. The Balaban J connectivity index is 1.20. The standard InChI is InChI=1S/C25H34FN5O3S/c26-22-5-1-4-20(16-22)19-7-9-23(10-8-19)34-18-21-17-30(25-6-2-12-27-28-25)15-11-24(21)29-35(32,33)31-13-3-14-31/h1-2,4-6,12,16,19,21,23-24,29H,3,7-11,13-15,17-18H2/t19-,21-,23+,24-/m0/s1. The minimum absolute atomic E-state index is 0.00255. The molecule has 0 spiro atoms. The third-order valence-electron chi connectivity index (χ3n) is 7.61. The highest BCUT2D eigenvalue weighted by molar-refractivity contribution is 7.87. The number of nitrogens with one attached hydrogen (secondary N) is 1. The fraction of sp³-hybridized carbons (Fsp3) is 0.600. The van der Waals surface area contributed by atoms with Gasteiger partial charge in [0, 0.05) is 44.3 Å². The molecule has 2 aromatic rings. The van der Waals surface area contributed by atoms with Crippen LogP contribution in [0.4, 0.5) is 10.2 Å². The van der Waals surface area contributed by atoms with Crippen LogP contribution in [0.2, 0.25) is 0 Å². The van der Waals surface area contributed by atoms with Crippen molar-refractivity contribution in [2.24, 2.45) is 5.92 Å². The molecule has 2 atom stereocenters. The van der Waals surface area contributed by atoms with Crippen LogP contribution in [-0.2, 0) is 14.9 Å². The van der Waals surface area contributed by atoms with E-state index in [4.69, 9.17) is 4.74 Å². The van der Waals surface area contributed by atoms with Gasteiger partial charge in [0.15, 0.2) is 5.82 Å². The maximum atomic E-state index is 13.6. The molecular weight excluding hydrogens is 469 g/mol. The molecule has 3 fully saturated rings. The van der Waals surface area contributed by atoms with E-state index in [2.05, 4.69) is 19.8 Å². The second kappa shape index (κ2) is 10.9. The molecule has 0 unspecified atom stereocenters. The Bertz CT molecular complexity index is 1080. The molecule has 1 saturated carbocycles. The lowest BCUT2D eigenvalue weighted by atomic mass is 9.82. The summed E-state index contributed by atoms with van der Waals surface area (Å²) in [7, 11) is -3.47. The highest BCUT2D eigenvalue weighted by atomic mass is 32.2. The summed E-state index contributed by atoms with van der Waals surface area (Å²) < 4.78 is 50.0. The summed E-state index contributed by atoms with van der Waals surface area (Å²) >= 11 is 0. The first kappa shape index (κ1) is 24.5. The van der Waals surface area contributed by atoms with Crippen molar-refractivity contribution in [1.82, 2.24) is 19.2 Å². The van der Waals surface area contributed by atoms with Crippen LogP contribution in [0, 0.1) is 11.7 Å². The van der Waals surface area contributed by atoms with E-state index >= 15 is 0 Å². The first-order chi connectivity index (χ1) is 17.0. The quantitative estimate of drug-likeness (QED) is 0.596. The van der Waals surface area contributed by atoms with Crippen molar-refractivity contribution in [2.45, 2.75) is 56.6 Å². The smallest absolute Gasteiger partial charge is 0.279 e. The molecule has 190 valence electrons. The maximum absolute atomic E-state index is 13.6. The number of rotatable bonds is 8. The van der Waals surface area contributed by atoms with Crippen molar-refractivity contribution < 1.29 is 17.5 Å². The number of benzene rings is 1. The molecule has 0 amide bonds. The number of halogens is 1. The molecule has 3 heterocycles. The largest absolute Gasteiger partial charge is 0.378 e. The van der Waals surface area contributed by atoms with E-state index < -0.39 is 10.2 Å². The fourth-order valence-electron chi connectivity index (χ4n) is 5.40. The van der Waals surface area contributed by atoms with Gasteiger partial charge >= 0.3 is 0 Å². The minimum atomic E-state index is -3.47. The summed E-state index contributed by atoms with van der Waals surface area (Å²) in [6.45, 7) is 3.03. The van der Waals surface area contributed by atoms with Gasteiger partial charge in [-0.2, -0.15) is 22.5 Å². The molecule has 35 heavy (non-hydrogen) atoms. The van der Waals surface area contributed by atoms with E-state index in [1.165, 1.54) is 10.4 Å². The topological polar surface area (TPSA) is 87.7 Å². The Kier molecular flexibility index (Phi) is 7.62. The van der Waals surface area contributed by atoms with Crippen LogP contribution in [0.25, 0.3) is 0 Å². The van der Waals surface area contributed by atoms with Gasteiger partial charge in [0.2, 0.25) is 0 Å². The van der Waals surface area contributed by atoms with Crippen LogP contribution in [0.5, 0.6) is 0 Å². The predicted octanol–water partition coefficient (Wildman–Crippen LogP) is 3.09. The second-order valence-corrected chi connectivity index (χ2v) is 11.6. The first-order valence-electron chi connectivity index (χ1n) is 12.6. The van der Waals surface area contributed by atoms with Gasteiger partial charge < -0.3 is 9.64 Å². The average molecular weight is 504 g/mol. The highest BCUT2D eigenvalue weighted by Crippen LogP contribution is 2.35. The van der Waals surface area contributed by atoms with Gasteiger partial charge in [-0.3, -0.25) is 0 Å². The van der Waals surface area contributed by atoms with E-state index in [1.54, 1.807) is 18.3 Å². The lowest BCUT2D eigenvalue weighted by Gasteiger charge is -2.41. The van der Waals surface area contributed by atoms with Crippen molar-refractivity contribution in [1.29, 1.82) is 0 Å². The van der Waals surface area contributed by atoms with Crippen molar-refractivity contribution >= 4 is 16.0 Å². The molecule has 2 aliphatic heterocycles. The zero-order valence-corrected chi connectivity index (χ0v) is 20.7. The lowest BCUT2D eigenvalue weighted by Crippen LogP contribution is -2.57. The summed E-state index contributed by atoms with van der Waals surface area (Å²) in [6, 6.07) is 10.5. The molecule has 3 aliphatic rings. The number of hydrogen-bond donors (Lipinski definition) is 1. The molecule has 8 nitrogen and oxygen atoms in total. The van der Waals surface area contributed by atoms with E-state index in [0.29, 0.717) is 45.1 Å². The predicted molar refractivity (Wildman–Crippen MR) is 132 cm³/mol. The summed E-state index contributed by atoms with van der Waals surface area (Å²) in [4.78, 5) is 2.16. The summed E-state index contributed by atoms with van der Waals surface area (Å²) in [5, 5.41) is 8.24.